The molecule has 8 nitrogen and oxygen atoms in total. The highest BCUT2D eigenvalue weighted by Gasteiger charge is 2.25. The normalized spacial score (nSPS) is 13.7. The van der Waals surface area contributed by atoms with Gasteiger partial charge in [-0.1, -0.05) is 40.5 Å². The summed E-state index contributed by atoms with van der Waals surface area (Å²) in [4.78, 5) is 17.2. The van der Waals surface area contributed by atoms with Crippen LogP contribution in [0, 0.1) is 6.92 Å². The van der Waals surface area contributed by atoms with Gasteiger partial charge in [0.2, 0.25) is 0 Å². The molecule has 0 atom stereocenters. The summed E-state index contributed by atoms with van der Waals surface area (Å²) >= 11 is 12.5. The molecule has 1 aliphatic rings. The molecule has 0 unspecified atom stereocenters. The van der Waals surface area contributed by atoms with E-state index in [4.69, 9.17) is 27.7 Å². The Morgan fingerprint density at radius 2 is 1.84 bits per heavy atom. The van der Waals surface area contributed by atoms with Gasteiger partial charge < -0.3 is 9.84 Å². The molecule has 0 spiro atoms. The molecule has 0 radical (unpaired) electrons. The number of aryl methyl sites for hydroxylation is 1. The molecule has 32 heavy (non-hydrogen) atoms. The maximum absolute atomic E-state index is 13.1. The summed E-state index contributed by atoms with van der Waals surface area (Å²) in [7, 11) is -3.82. The Labute approximate surface area is 194 Å². The van der Waals surface area contributed by atoms with Crippen LogP contribution in [0.15, 0.2) is 56.9 Å². The zero-order valence-electron chi connectivity index (χ0n) is 16.9. The number of halogens is 2. The van der Waals surface area contributed by atoms with Crippen molar-refractivity contribution in [1.29, 1.82) is 0 Å². The second kappa shape index (κ2) is 8.93. The van der Waals surface area contributed by atoms with Crippen molar-refractivity contribution in [2.75, 3.05) is 11.9 Å². The van der Waals surface area contributed by atoms with Gasteiger partial charge in [0.25, 0.3) is 15.9 Å². The first-order valence-electron chi connectivity index (χ1n) is 9.64. The summed E-state index contributed by atoms with van der Waals surface area (Å²) in [6.45, 7) is 2.19. The Hall–Kier alpha value is -2.88. The van der Waals surface area contributed by atoms with Crippen LogP contribution in [-0.2, 0) is 10.0 Å². The van der Waals surface area contributed by atoms with Gasteiger partial charge in [-0.25, -0.2) is 8.42 Å². The molecule has 11 heteroatoms. The van der Waals surface area contributed by atoms with E-state index in [1.165, 1.54) is 18.2 Å². The third-order valence-electron chi connectivity index (χ3n) is 4.82. The Morgan fingerprint density at radius 3 is 2.53 bits per heavy atom. The number of aliphatic imine (C=N–C) groups is 1. The largest absolute Gasteiger partial charge is 0.360 e. The Balaban J connectivity index is 1.62. The maximum atomic E-state index is 13.1. The van der Waals surface area contributed by atoms with E-state index in [2.05, 4.69) is 20.2 Å². The minimum absolute atomic E-state index is 0.00122. The van der Waals surface area contributed by atoms with Gasteiger partial charge in [0.05, 0.1) is 14.9 Å². The van der Waals surface area contributed by atoms with E-state index >= 15 is 0 Å². The van der Waals surface area contributed by atoms with Gasteiger partial charge in [-0.05, 0) is 43.7 Å². The van der Waals surface area contributed by atoms with E-state index in [0.717, 1.165) is 6.42 Å². The fourth-order valence-electron chi connectivity index (χ4n) is 3.31. The van der Waals surface area contributed by atoms with Crippen molar-refractivity contribution in [2.24, 2.45) is 4.99 Å². The highest BCUT2D eigenvalue weighted by Crippen LogP contribution is 2.37. The second-order valence-electron chi connectivity index (χ2n) is 7.08. The summed E-state index contributed by atoms with van der Waals surface area (Å²) in [5, 5.41) is 7.28. The van der Waals surface area contributed by atoms with Crippen LogP contribution in [0.5, 0.6) is 0 Å². The van der Waals surface area contributed by atoms with Crippen molar-refractivity contribution >= 4 is 50.7 Å². The first-order valence-corrected chi connectivity index (χ1v) is 11.9. The maximum Gasteiger partial charge on any atom is 0.262 e. The molecule has 0 saturated heterocycles. The third kappa shape index (κ3) is 4.50. The number of aromatic nitrogens is 1. The smallest absolute Gasteiger partial charge is 0.262 e. The van der Waals surface area contributed by atoms with Crippen molar-refractivity contribution in [3.63, 3.8) is 0 Å². The molecule has 0 saturated carbocycles. The van der Waals surface area contributed by atoms with Gasteiger partial charge in [-0.2, -0.15) is 0 Å². The second-order valence-corrected chi connectivity index (χ2v) is 9.58. The lowest BCUT2D eigenvalue weighted by Crippen LogP contribution is -2.29. The van der Waals surface area contributed by atoms with Gasteiger partial charge in [-0.15, -0.1) is 0 Å². The highest BCUT2D eigenvalue weighted by atomic mass is 35.5. The van der Waals surface area contributed by atoms with Crippen LogP contribution in [0.2, 0.25) is 10.0 Å². The van der Waals surface area contributed by atoms with Gasteiger partial charge in [-0.3, -0.25) is 14.5 Å². The Bertz CT molecular complexity index is 1320. The molecule has 0 fully saturated rings. The third-order valence-corrected chi connectivity index (χ3v) is 6.83. The van der Waals surface area contributed by atoms with Crippen LogP contribution < -0.4 is 10.0 Å². The fraction of sp³-hybridized carbons (Fsp3) is 0.190. The Morgan fingerprint density at radius 1 is 1.12 bits per heavy atom. The van der Waals surface area contributed by atoms with Crippen LogP contribution in [-0.4, -0.2) is 31.9 Å². The molecule has 166 valence electrons. The van der Waals surface area contributed by atoms with Crippen molar-refractivity contribution in [2.45, 2.75) is 24.7 Å². The van der Waals surface area contributed by atoms with E-state index < -0.39 is 15.9 Å². The first kappa shape index (κ1) is 22.3. The molecule has 1 aliphatic heterocycles. The summed E-state index contributed by atoms with van der Waals surface area (Å²) in [5.74, 6) is 0.149. The van der Waals surface area contributed by atoms with Gasteiger partial charge in [0, 0.05) is 24.2 Å². The molecule has 0 aliphatic carbocycles. The topological polar surface area (TPSA) is 114 Å². The zero-order valence-corrected chi connectivity index (χ0v) is 19.2. The monoisotopic (exact) mass is 492 g/mol. The minimum Gasteiger partial charge on any atom is -0.360 e. The van der Waals surface area contributed by atoms with Crippen molar-refractivity contribution in [1.82, 2.24) is 9.88 Å². The summed E-state index contributed by atoms with van der Waals surface area (Å²) in [6, 6.07) is 10.8. The number of amides is 1. The molecule has 1 amide bonds. The van der Waals surface area contributed by atoms with Crippen molar-refractivity contribution in [3.8, 4) is 11.3 Å². The van der Waals surface area contributed by atoms with Crippen molar-refractivity contribution < 1.29 is 17.7 Å². The number of hydrogen-bond donors (Lipinski definition) is 2. The average Bonchev–Trinajstić information content (AvgIpc) is 3.37. The quantitative estimate of drug-likeness (QED) is 0.536. The van der Waals surface area contributed by atoms with Gasteiger partial charge in [0.1, 0.15) is 22.9 Å². The van der Waals surface area contributed by atoms with Crippen LogP contribution in [0.1, 0.15) is 29.0 Å². The molecule has 2 N–H and O–H groups in total. The van der Waals surface area contributed by atoms with E-state index in [0.29, 0.717) is 34.4 Å². The lowest BCUT2D eigenvalue weighted by atomic mass is 10.1. The first-order chi connectivity index (χ1) is 15.3. The molecule has 2 heterocycles. The van der Waals surface area contributed by atoms with Crippen molar-refractivity contribution in [3.05, 3.63) is 63.8 Å². The number of hydrogen-bond acceptors (Lipinski definition) is 6. The van der Waals surface area contributed by atoms with E-state index in [1.807, 2.05) is 0 Å². The van der Waals surface area contributed by atoms with Crippen LogP contribution in [0.3, 0.4) is 0 Å². The van der Waals surface area contributed by atoms with E-state index in [9.17, 15) is 13.2 Å². The number of nitrogens with one attached hydrogen (secondary N) is 2. The zero-order chi connectivity index (χ0) is 22.9. The number of amidine groups is 1. The molecule has 4 rings (SSSR count). The number of carbonyl (C=O) groups is 1. The van der Waals surface area contributed by atoms with Gasteiger partial charge in [0.15, 0.2) is 0 Å². The molecule has 3 aromatic rings. The average molecular weight is 493 g/mol. The SMILES string of the molecule is Cc1onc(-c2c(Cl)cccc2Cl)c1C(=O)Nc1cccc(S(=O)(=O)NC2=NCCC2)c1. The number of carbonyl (C=O) groups excluding carboxylic acids is 1. The van der Waals surface area contributed by atoms with Crippen LogP contribution >= 0.6 is 23.2 Å². The molecule has 0 bridgehead atoms. The molecule has 1 aromatic heterocycles. The number of benzene rings is 2. The van der Waals surface area contributed by atoms with E-state index in [1.54, 1.807) is 31.2 Å². The standard InChI is InChI=1S/C21H18Cl2N4O4S/c1-12-18(20(26-31-12)19-15(22)7-3-8-16(19)23)21(28)25-13-5-2-6-14(11-13)32(29,30)27-17-9-4-10-24-17/h2-3,5-8,11H,4,9-10H2,1H3,(H,24,27)(H,25,28). The number of rotatable bonds is 5. The number of sulfonamides is 1. The predicted molar refractivity (Wildman–Crippen MR) is 123 cm³/mol. The fourth-order valence-corrected chi connectivity index (χ4v) is 5.02. The predicted octanol–water partition coefficient (Wildman–Crippen LogP) is 4.68. The summed E-state index contributed by atoms with van der Waals surface area (Å²) < 4.78 is 33.0. The van der Waals surface area contributed by atoms with Gasteiger partial charge >= 0.3 is 0 Å². The number of nitrogens with zero attached hydrogens (tertiary/aromatic N) is 2. The summed E-state index contributed by atoms with van der Waals surface area (Å²) in [6.07, 6.45) is 1.39. The number of anilines is 1. The van der Waals surface area contributed by atoms with Crippen LogP contribution in [0.4, 0.5) is 5.69 Å². The lowest BCUT2D eigenvalue weighted by molar-refractivity contribution is 0.102. The lowest BCUT2D eigenvalue weighted by Gasteiger charge is -2.11. The molecular weight excluding hydrogens is 475 g/mol. The Kier molecular flexibility index (Phi) is 6.23. The minimum atomic E-state index is -3.82. The summed E-state index contributed by atoms with van der Waals surface area (Å²) in [5.41, 5.74) is 0.991. The molecular formula is C21H18Cl2N4O4S. The molecule has 2 aromatic carbocycles. The van der Waals surface area contributed by atoms with E-state index in [-0.39, 0.29) is 27.6 Å². The van der Waals surface area contributed by atoms with Crippen LogP contribution in [0.25, 0.3) is 11.3 Å². The highest BCUT2D eigenvalue weighted by molar-refractivity contribution is 7.90.